The predicted octanol–water partition coefficient (Wildman–Crippen LogP) is 3.37. The first-order chi connectivity index (χ1) is 8.06. The molecule has 0 fully saturated rings. The second kappa shape index (κ2) is 5.05. The van der Waals surface area contributed by atoms with Crippen molar-refractivity contribution < 1.29 is 0 Å². The number of nitrogens with two attached hydrogens (primary N) is 1. The van der Waals surface area contributed by atoms with Crippen LogP contribution in [-0.4, -0.2) is 9.97 Å². The molecule has 1 aromatic heterocycles. The Kier molecular flexibility index (Phi) is 3.68. The minimum Gasteiger partial charge on any atom is -0.368 e. The zero-order valence-electron chi connectivity index (χ0n) is 9.04. The summed E-state index contributed by atoms with van der Waals surface area (Å²) in [5.74, 6) is 0.903. The summed E-state index contributed by atoms with van der Waals surface area (Å²) in [5.41, 5.74) is 7.26. The van der Waals surface area contributed by atoms with Gasteiger partial charge in [0.05, 0.1) is 10.7 Å². The lowest BCUT2D eigenvalue weighted by atomic mass is 10.3. The van der Waals surface area contributed by atoms with E-state index in [1.807, 2.05) is 25.1 Å². The molecule has 2 aromatic rings. The molecule has 0 aliphatic carbocycles. The maximum absolute atomic E-state index is 6.13. The summed E-state index contributed by atoms with van der Waals surface area (Å²) in [4.78, 5) is 8.04. The van der Waals surface area contributed by atoms with Crippen molar-refractivity contribution in [2.24, 2.45) is 0 Å². The smallest absolute Gasteiger partial charge is 0.221 e. The quantitative estimate of drug-likeness (QED) is 0.806. The molecule has 4 nitrogen and oxygen atoms in total. The molecule has 88 valence electrons. The Labute approximate surface area is 118 Å². The molecule has 0 atom stereocenters. The van der Waals surface area contributed by atoms with Gasteiger partial charge in [0.2, 0.25) is 5.95 Å². The number of nitrogens with one attached hydrogen (secondary N) is 1. The highest BCUT2D eigenvalue weighted by Gasteiger charge is 2.05. The van der Waals surface area contributed by atoms with E-state index in [9.17, 15) is 0 Å². The Bertz CT molecular complexity index is 559. The first kappa shape index (κ1) is 12.4. The Morgan fingerprint density at radius 3 is 2.88 bits per heavy atom. The molecule has 1 heterocycles. The molecule has 1 aromatic carbocycles. The van der Waals surface area contributed by atoms with Gasteiger partial charge < -0.3 is 11.1 Å². The fraction of sp³-hybridized carbons (Fsp3) is 0.0909. The summed E-state index contributed by atoms with van der Waals surface area (Å²) in [6.07, 6.45) is 1.67. The number of hydrogen-bond donors (Lipinski definition) is 2. The number of hydrogen-bond acceptors (Lipinski definition) is 4. The fourth-order valence-corrected chi connectivity index (χ4v) is 2.20. The van der Waals surface area contributed by atoms with Crippen molar-refractivity contribution in [1.82, 2.24) is 9.97 Å². The number of benzene rings is 1. The molecule has 0 aliphatic heterocycles. The van der Waals surface area contributed by atoms with E-state index in [4.69, 9.17) is 17.3 Å². The number of halogens is 2. The van der Waals surface area contributed by atoms with Crippen molar-refractivity contribution in [3.63, 3.8) is 0 Å². The fourth-order valence-electron chi connectivity index (χ4n) is 1.30. The highest BCUT2D eigenvalue weighted by Crippen LogP contribution is 2.27. The van der Waals surface area contributed by atoms with E-state index in [-0.39, 0.29) is 5.95 Å². The van der Waals surface area contributed by atoms with Gasteiger partial charge in [0.25, 0.3) is 0 Å². The maximum atomic E-state index is 6.13. The van der Waals surface area contributed by atoms with Gasteiger partial charge in [-0.3, -0.25) is 0 Å². The molecule has 0 radical (unpaired) electrons. The van der Waals surface area contributed by atoms with E-state index >= 15 is 0 Å². The van der Waals surface area contributed by atoms with Crippen LogP contribution >= 0.6 is 34.2 Å². The highest BCUT2D eigenvalue weighted by atomic mass is 127. The van der Waals surface area contributed by atoms with Crippen LogP contribution in [0.4, 0.5) is 17.5 Å². The number of aromatic nitrogens is 2. The van der Waals surface area contributed by atoms with Gasteiger partial charge >= 0.3 is 0 Å². The van der Waals surface area contributed by atoms with Gasteiger partial charge in [0, 0.05) is 15.3 Å². The average molecular weight is 361 g/mol. The number of rotatable bonds is 2. The van der Waals surface area contributed by atoms with Gasteiger partial charge in [0.15, 0.2) is 0 Å². The van der Waals surface area contributed by atoms with Crippen LogP contribution in [0.5, 0.6) is 0 Å². The van der Waals surface area contributed by atoms with E-state index in [1.54, 1.807) is 6.20 Å². The first-order valence-corrected chi connectivity index (χ1v) is 6.33. The SMILES string of the molecule is Cc1cnc(N)nc1Nc1ccc(I)cc1Cl. The standard InChI is InChI=1S/C11H10ClIN4/c1-6-5-15-11(14)17-10(6)16-9-3-2-7(13)4-8(9)12/h2-5H,1H3,(H3,14,15,16,17). The Balaban J connectivity index is 2.34. The zero-order valence-corrected chi connectivity index (χ0v) is 12.0. The zero-order chi connectivity index (χ0) is 12.4. The Morgan fingerprint density at radius 2 is 2.18 bits per heavy atom. The van der Waals surface area contributed by atoms with Gasteiger partial charge in [-0.2, -0.15) is 4.98 Å². The lowest BCUT2D eigenvalue weighted by molar-refractivity contribution is 1.15. The molecule has 0 aliphatic rings. The van der Waals surface area contributed by atoms with Gasteiger partial charge in [-0.25, -0.2) is 4.98 Å². The van der Waals surface area contributed by atoms with Gasteiger partial charge in [0.1, 0.15) is 5.82 Å². The van der Waals surface area contributed by atoms with E-state index in [0.717, 1.165) is 14.8 Å². The number of anilines is 3. The van der Waals surface area contributed by atoms with Crippen LogP contribution in [0.3, 0.4) is 0 Å². The van der Waals surface area contributed by atoms with Gasteiger partial charge in [-0.05, 0) is 47.7 Å². The van der Waals surface area contributed by atoms with Crippen LogP contribution in [0.15, 0.2) is 24.4 Å². The summed E-state index contributed by atoms with van der Waals surface area (Å²) in [7, 11) is 0. The van der Waals surface area contributed by atoms with E-state index in [1.165, 1.54) is 0 Å². The van der Waals surface area contributed by atoms with Gasteiger partial charge in [-0.1, -0.05) is 11.6 Å². The van der Waals surface area contributed by atoms with E-state index < -0.39 is 0 Å². The van der Waals surface area contributed by atoms with Crippen LogP contribution in [0.1, 0.15) is 5.56 Å². The topological polar surface area (TPSA) is 63.8 Å². The highest BCUT2D eigenvalue weighted by molar-refractivity contribution is 14.1. The molecule has 17 heavy (non-hydrogen) atoms. The number of nitrogens with zero attached hydrogens (tertiary/aromatic N) is 2. The lowest BCUT2D eigenvalue weighted by Crippen LogP contribution is -2.02. The molecule has 0 bridgehead atoms. The second-order valence-electron chi connectivity index (χ2n) is 3.51. The van der Waals surface area contributed by atoms with Crippen LogP contribution in [0.2, 0.25) is 5.02 Å². The lowest BCUT2D eigenvalue weighted by Gasteiger charge is -2.10. The van der Waals surface area contributed by atoms with Crippen LogP contribution in [0.25, 0.3) is 0 Å². The number of nitrogen functional groups attached to an aromatic ring is 1. The van der Waals surface area contributed by atoms with Crippen molar-refractivity contribution in [2.75, 3.05) is 11.1 Å². The molecule has 0 saturated carbocycles. The average Bonchev–Trinajstić information content (AvgIpc) is 2.27. The van der Waals surface area contributed by atoms with E-state index in [2.05, 4.69) is 37.9 Å². The van der Waals surface area contributed by atoms with Crippen molar-refractivity contribution in [3.05, 3.63) is 38.6 Å². The molecule has 6 heteroatoms. The molecule has 2 rings (SSSR count). The third-order valence-corrected chi connectivity index (χ3v) is 3.16. The summed E-state index contributed by atoms with van der Waals surface area (Å²) >= 11 is 8.34. The molecular formula is C11H10ClIN4. The number of aryl methyl sites for hydroxylation is 1. The third kappa shape index (κ3) is 2.98. The Hall–Kier alpha value is -1.08. The summed E-state index contributed by atoms with van der Waals surface area (Å²) in [6, 6.07) is 5.75. The normalized spacial score (nSPS) is 10.3. The van der Waals surface area contributed by atoms with Gasteiger partial charge in [-0.15, -0.1) is 0 Å². The molecule has 0 saturated heterocycles. The molecule has 0 spiro atoms. The van der Waals surface area contributed by atoms with Crippen molar-refractivity contribution >= 4 is 51.6 Å². The minimum atomic E-state index is 0.236. The predicted molar refractivity (Wildman–Crippen MR) is 78.6 cm³/mol. The van der Waals surface area contributed by atoms with E-state index in [0.29, 0.717) is 10.8 Å². The van der Waals surface area contributed by atoms with Crippen molar-refractivity contribution in [2.45, 2.75) is 6.92 Å². The van der Waals surface area contributed by atoms with Crippen LogP contribution < -0.4 is 11.1 Å². The summed E-state index contributed by atoms with van der Waals surface area (Å²) in [5, 5.41) is 3.79. The Morgan fingerprint density at radius 1 is 1.41 bits per heavy atom. The van der Waals surface area contributed by atoms with Crippen LogP contribution in [0, 0.1) is 10.5 Å². The second-order valence-corrected chi connectivity index (χ2v) is 5.16. The third-order valence-electron chi connectivity index (χ3n) is 2.17. The maximum Gasteiger partial charge on any atom is 0.221 e. The van der Waals surface area contributed by atoms with Crippen molar-refractivity contribution in [3.8, 4) is 0 Å². The summed E-state index contributed by atoms with van der Waals surface area (Å²) in [6.45, 7) is 1.91. The monoisotopic (exact) mass is 360 g/mol. The van der Waals surface area contributed by atoms with Crippen LogP contribution in [-0.2, 0) is 0 Å². The summed E-state index contributed by atoms with van der Waals surface area (Å²) < 4.78 is 1.08. The largest absolute Gasteiger partial charge is 0.368 e. The molecular weight excluding hydrogens is 351 g/mol. The first-order valence-electron chi connectivity index (χ1n) is 4.87. The molecule has 0 unspecified atom stereocenters. The minimum absolute atomic E-state index is 0.236. The molecule has 3 N–H and O–H groups in total. The molecule has 0 amide bonds. The van der Waals surface area contributed by atoms with Crippen molar-refractivity contribution in [1.29, 1.82) is 0 Å².